The first-order chi connectivity index (χ1) is 9.02. The van der Waals surface area contributed by atoms with E-state index in [9.17, 15) is 13.6 Å². The van der Waals surface area contributed by atoms with Gasteiger partial charge >= 0.3 is 0 Å². The second kappa shape index (κ2) is 5.31. The number of hydrogen-bond acceptors (Lipinski definition) is 1. The highest BCUT2D eigenvalue weighted by Gasteiger charge is 2.15. The standard InChI is InChI=1S/C16H14F2O/c1-3-11-5-4-6-12(7-11)13-8-14(17)16(10(2)19)15(18)9-13/h4-9H,3H2,1-2H3. The van der Waals surface area contributed by atoms with E-state index in [1.807, 2.05) is 25.1 Å². The van der Waals surface area contributed by atoms with Crippen molar-refractivity contribution in [3.8, 4) is 11.1 Å². The van der Waals surface area contributed by atoms with E-state index in [1.54, 1.807) is 6.07 Å². The molecule has 0 aliphatic heterocycles. The Labute approximate surface area is 110 Å². The quantitative estimate of drug-likeness (QED) is 0.748. The molecule has 0 spiro atoms. The maximum Gasteiger partial charge on any atom is 0.165 e. The van der Waals surface area contributed by atoms with Crippen LogP contribution in [0.15, 0.2) is 36.4 Å². The molecule has 98 valence electrons. The fraction of sp³-hybridized carbons (Fsp3) is 0.188. The Balaban J connectivity index is 2.55. The fourth-order valence-electron chi connectivity index (χ4n) is 2.05. The summed E-state index contributed by atoms with van der Waals surface area (Å²) in [6.07, 6.45) is 0.852. The van der Waals surface area contributed by atoms with Gasteiger partial charge in [-0.2, -0.15) is 0 Å². The molecule has 2 aromatic rings. The van der Waals surface area contributed by atoms with Crippen LogP contribution in [0.2, 0.25) is 0 Å². The molecule has 0 saturated carbocycles. The van der Waals surface area contributed by atoms with E-state index in [0.29, 0.717) is 5.56 Å². The molecule has 0 heterocycles. The normalized spacial score (nSPS) is 10.5. The smallest absolute Gasteiger partial charge is 0.165 e. The summed E-state index contributed by atoms with van der Waals surface area (Å²) in [5.74, 6) is -2.24. The molecule has 0 aliphatic rings. The van der Waals surface area contributed by atoms with Crippen molar-refractivity contribution in [1.29, 1.82) is 0 Å². The number of halogens is 2. The van der Waals surface area contributed by atoms with E-state index in [4.69, 9.17) is 0 Å². The van der Waals surface area contributed by atoms with Crippen molar-refractivity contribution < 1.29 is 13.6 Å². The van der Waals surface area contributed by atoms with Crippen LogP contribution in [-0.2, 0) is 6.42 Å². The molecule has 3 heteroatoms. The van der Waals surface area contributed by atoms with Crippen LogP contribution in [0, 0.1) is 11.6 Å². The lowest BCUT2D eigenvalue weighted by Crippen LogP contribution is -2.02. The summed E-state index contributed by atoms with van der Waals surface area (Å²) in [5.41, 5.74) is 1.80. The number of hydrogen-bond donors (Lipinski definition) is 0. The Hall–Kier alpha value is -2.03. The predicted octanol–water partition coefficient (Wildman–Crippen LogP) is 4.40. The zero-order chi connectivity index (χ0) is 14.0. The van der Waals surface area contributed by atoms with Crippen LogP contribution in [0.1, 0.15) is 29.8 Å². The summed E-state index contributed by atoms with van der Waals surface area (Å²) < 4.78 is 27.5. The van der Waals surface area contributed by atoms with E-state index >= 15 is 0 Å². The maximum absolute atomic E-state index is 13.8. The number of aryl methyl sites for hydroxylation is 1. The van der Waals surface area contributed by atoms with Gasteiger partial charge in [0.15, 0.2) is 5.78 Å². The summed E-state index contributed by atoms with van der Waals surface area (Å²) in [4.78, 5) is 11.2. The zero-order valence-electron chi connectivity index (χ0n) is 10.8. The van der Waals surface area contributed by atoms with E-state index in [-0.39, 0.29) is 0 Å². The third-order valence-electron chi connectivity index (χ3n) is 3.06. The first kappa shape index (κ1) is 13.4. The van der Waals surface area contributed by atoms with Gasteiger partial charge in [-0.25, -0.2) is 8.78 Å². The van der Waals surface area contributed by atoms with Crippen molar-refractivity contribution in [2.24, 2.45) is 0 Å². The van der Waals surface area contributed by atoms with Crippen molar-refractivity contribution in [3.05, 3.63) is 59.2 Å². The topological polar surface area (TPSA) is 17.1 Å². The molecule has 0 N–H and O–H groups in total. The van der Waals surface area contributed by atoms with Gasteiger partial charge < -0.3 is 0 Å². The van der Waals surface area contributed by atoms with Crippen LogP contribution in [0.25, 0.3) is 11.1 Å². The van der Waals surface area contributed by atoms with Crippen LogP contribution in [0.5, 0.6) is 0 Å². The molecule has 0 radical (unpaired) electrons. The summed E-state index contributed by atoms with van der Waals surface area (Å²) >= 11 is 0. The van der Waals surface area contributed by atoms with E-state index in [0.717, 1.165) is 24.5 Å². The first-order valence-electron chi connectivity index (χ1n) is 6.12. The number of Topliss-reactive ketones (excluding diaryl/α,β-unsaturated/α-hetero) is 1. The van der Waals surface area contributed by atoms with Crippen LogP contribution in [0.4, 0.5) is 8.78 Å². The minimum atomic E-state index is -0.815. The molecule has 0 atom stereocenters. The summed E-state index contributed by atoms with van der Waals surface area (Å²) in [7, 11) is 0. The summed E-state index contributed by atoms with van der Waals surface area (Å²) in [6.45, 7) is 3.16. The van der Waals surface area contributed by atoms with E-state index in [1.165, 1.54) is 12.1 Å². The van der Waals surface area contributed by atoms with Crippen LogP contribution >= 0.6 is 0 Å². The highest BCUT2D eigenvalue weighted by Crippen LogP contribution is 2.25. The van der Waals surface area contributed by atoms with Crippen molar-refractivity contribution in [1.82, 2.24) is 0 Å². The van der Waals surface area contributed by atoms with Crippen molar-refractivity contribution in [2.75, 3.05) is 0 Å². The molecule has 0 aromatic heterocycles. The van der Waals surface area contributed by atoms with Crippen LogP contribution in [0.3, 0.4) is 0 Å². The van der Waals surface area contributed by atoms with E-state index < -0.39 is 23.0 Å². The predicted molar refractivity (Wildman–Crippen MR) is 71.2 cm³/mol. The van der Waals surface area contributed by atoms with Crippen LogP contribution < -0.4 is 0 Å². The fourth-order valence-corrected chi connectivity index (χ4v) is 2.05. The lowest BCUT2D eigenvalue weighted by Gasteiger charge is -2.07. The molecule has 0 amide bonds. The van der Waals surface area contributed by atoms with Gasteiger partial charge in [-0.1, -0.05) is 31.2 Å². The molecular weight excluding hydrogens is 246 g/mol. The average molecular weight is 260 g/mol. The van der Waals surface area contributed by atoms with Crippen molar-refractivity contribution in [2.45, 2.75) is 20.3 Å². The number of rotatable bonds is 3. The molecule has 0 saturated heterocycles. The Morgan fingerprint density at radius 3 is 2.21 bits per heavy atom. The lowest BCUT2D eigenvalue weighted by atomic mass is 9.99. The highest BCUT2D eigenvalue weighted by molar-refractivity contribution is 5.95. The van der Waals surface area contributed by atoms with Gasteiger partial charge in [0.25, 0.3) is 0 Å². The summed E-state index contributed by atoms with van der Waals surface area (Å²) in [6, 6.07) is 9.90. The minimum Gasteiger partial charge on any atom is -0.294 e. The third kappa shape index (κ3) is 2.70. The molecule has 19 heavy (non-hydrogen) atoms. The van der Waals surface area contributed by atoms with Crippen molar-refractivity contribution in [3.63, 3.8) is 0 Å². The molecule has 1 nitrogen and oxygen atoms in total. The average Bonchev–Trinajstić information content (AvgIpc) is 2.37. The number of carbonyl (C=O) groups excluding carboxylic acids is 1. The van der Waals surface area contributed by atoms with E-state index in [2.05, 4.69) is 0 Å². The van der Waals surface area contributed by atoms with Gasteiger partial charge in [-0.05, 0) is 42.2 Å². The largest absolute Gasteiger partial charge is 0.294 e. The molecule has 0 bridgehead atoms. The van der Waals surface area contributed by atoms with Gasteiger partial charge in [0.05, 0.1) is 5.56 Å². The lowest BCUT2D eigenvalue weighted by molar-refractivity contribution is 0.101. The number of ketones is 1. The summed E-state index contributed by atoms with van der Waals surface area (Å²) in [5, 5.41) is 0. The molecule has 2 aromatic carbocycles. The van der Waals surface area contributed by atoms with Gasteiger partial charge in [0.2, 0.25) is 0 Å². The van der Waals surface area contributed by atoms with Crippen molar-refractivity contribution >= 4 is 5.78 Å². The van der Waals surface area contributed by atoms with Gasteiger partial charge in [-0.15, -0.1) is 0 Å². The number of carbonyl (C=O) groups is 1. The molecular formula is C16H14F2O. The second-order valence-corrected chi connectivity index (χ2v) is 4.43. The Bertz CT molecular complexity index is 609. The SMILES string of the molecule is CCc1cccc(-c2cc(F)c(C(C)=O)c(F)c2)c1. The molecule has 2 rings (SSSR count). The van der Waals surface area contributed by atoms with Gasteiger partial charge in [-0.3, -0.25) is 4.79 Å². The Morgan fingerprint density at radius 2 is 1.68 bits per heavy atom. The maximum atomic E-state index is 13.8. The molecule has 0 fully saturated rings. The second-order valence-electron chi connectivity index (χ2n) is 4.43. The monoisotopic (exact) mass is 260 g/mol. The highest BCUT2D eigenvalue weighted by atomic mass is 19.1. The van der Waals surface area contributed by atoms with Gasteiger partial charge in [0, 0.05) is 0 Å². The van der Waals surface area contributed by atoms with Gasteiger partial charge in [0.1, 0.15) is 11.6 Å². The molecule has 0 unspecified atom stereocenters. The molecule has 0 aliphatic carbocycles. The third-order valence-corrected chi connectivity index (χ3v) is 3.06. The number of benzene rings is 2. The Morgan fingerprint density at radius 1 is 1.05 bits per heavy atom. The zero-order valence-corrected chi connectivity index (χ0v) is 10.8. The van der Waals surface area contributed by atoms with Crippen LogP contribution in [-0.4, -0.2) is 5.78 Å². The first-order valence-corrected chi connectivity index (χ1v) is 6.12. The Kier molecular flexibility index (Phi) is 3.74. The minimum absolute atomic E-state index is 0.440.